The van der Waals surface area contributed by atoms with E-state index >= 15 is 0 Å². The van der Waals surface area contributed by atoms with Crippen molar-refractivity contribution in [1.29, 1.82) is 0 Å². The smallest absolute Gasteiger partial charge is 0.0645 e. The molecule has 0 atom stereocenters. The predicted molar refractivity (Wildman–Crippen MR) is 192 cm³/mol. The van der Waals surface area contributed by atoms with Gasteiger partial charge in [-0.05, 0) is 85.9 Å². The zero-order chi connectivity index (χ0) is 39.6. The third-order valence-corrected chi connectivity index (χ3v) is 7.82. The van der Waals surface area contributed by atoms with E-state index in [0.29, 0.717) is 11.1 Å². The van der Waals surface area contributed by atoms with Crippen LogP contribution in [0.5, 0.6) is 0 Å². The average Bonchev–Trinajstić information content (AvgIpc) is 3.22. The molecule has 8 aromatic rings. The van der Waals surface area contributed by atoms with Crippen LogP contribution in [0.4, 0.5) is 17.1 Å². The average molecular weight is 585 g/mol. The molecule has 1 heteroatoms. The lowest BCUT2D eigenvalue weighted by molar-refractivity contribution is 1.30. The van der Waals surface area contributed by atoms with Gasteiger partial charge in [0.05, 0.1) is 20.8 Å². The van der Waals surface area contributed by atoms with Crippen molar-refractivity contribution in [2.45, 2.75) is 0 Å². The zero-order valence-corrected chi connectivity index (χ0v) is 24.0. The Hall–Kier alpha value is -5.92. The van der Waals surface area contributed by atoms with Crippen LogP contribution in [-0.4, -0.2) is 0 Å². The van der Waals surface area contributed by atoms with Crippen LogP contribution in [0.15, 0.2) is 188 Å². The summed E-state index contributed by atoms with van der Waals surface area (Å²) in [6.07, 6.45) is 0. The number of hydrogen-bond donors (Lipinski definition) is 0. The second-order valence-corrected chi connectivity index (χ2v) is 10.6. The van der Waals surface area contributed by atoms with Crippen molar-refractivity contribution in [1.82, 2.24) is 0 Å². The molecule has 0 aliphatic rings. The summed E-state index contributed by atoms with van der Waals surface area (Å²) in [7, 11) is 0. The number of fused-ring (bicyclic) bond motifs is 2. The molecule has 0 radical (unpaired) electrons. The minimum absolute atomic E-state index is 0.0477. The van der Waals surface area contributed by atoms with E-state index in [1.807, 2.05) is 84.9 Å². The number of rotatable bonds is 6. The molecular formula is C44H31N. The van der Waals surface area contributed by atoms with Gasteiger partial charge in [-0.1, -0.05) is 151 Å². The van der Waals surface area contributed by atoms with Crippen LogP contribution in [0.1, 0.15) is 15.1 Å². The van der Waals surface area contributed by atoms with Crippen molar-refractivity contribution in [3.05, 3.63) is 188 Å². The Balaban J connectivity index is 1.46. The first kappa shape index (κ1) is 17.4. The molecular weight excluding hydrogens is 542 g/mol. The highest BCUT2D eigenvalue weighted by atomic mass is 15.1. The molecule has 0 saturated carbocycles. The molecule has 0 amide bonds. The first-order valence-corrected chi connectivity index (χ1v) is 14.5. The van der Waals surface area contributed by atoms with Gasteiger partial charge in [0.15, 0.2) is 0 Å². The molecule has 0 unspecified atom stereocenters. The van der Waals surface area contributed by atoms with Crippen molar-refractivity contribution in [2.24, 2.45) is 0 Å². The molecule has 0 aliphatic heterocycles. The quantitative estimate of drug-likeness (QED) is 0.188. The SMILES string of the molecule is [2H]c1c([2H])c(N(c2cccc(-c3cccc4ccccc34)c2)c2c([2H])c([2H])c([2H])c3c([2H])c([2H])c([2H])c([2H])c23)c([2H])c([2H])c1-c1cccc(-c2ccccc2)c1. The number of anilines is 3. The monoisotopic (exact) mass is 584 g/mol. The summed E-state index contributed by atoms with van der Waals surface area (Å²) in [5.41, 5.74) is 3.44. The third-order valence-electron chi connectivity index (χ3n) is 7.82. The fraction of sp³-hybridized carbons (Fsp3) is 0. The number of nitrogens with zero attached hydrogens (tertiary/aromatic N) is 1. The van der Waals surface area contributed by atoms with Crippen LogP contribution in [0, 0.1) is 0 Å². The normalized spacial score (nSPS) is 14.5. The van der Waals surface area contributed by atoms with E-state index in [2.05, 4.69) is 0 Å². The van der Waals surface area contributed by atoms with Crippen molar-refractivity contribution in [3.8, 4) is 33.4 Å². The Labute approximate surface area is 279 Å². The highest BCUT2D eigenvalue weighted by Gasteiger charge is 2.17. The number of benzene rings is 8. The summed E-state index contributed by atoms with van der Waals surface area (Å²) in [6.45, 7) is 0. The molecule has 0 aliphatic carbocycles. The highest BCUT2D eigenvalue weighted by Crippen LogP contribution is 2.41. The van der Waals surface area contributed by atoms with Gasteiger partial charge in [-0.25, -0.2) is 0 Å². The molecule has 8 rings (SSSR count). The first-order chi connectivity index (χ1) is 26.9. The van der Waals surface area contributed by atoms with Gasteiger partial charge in [-0.3, -0.25) is 0 Å². The van der Waals surface area contributed by atoms with E-state index in [1.165, 1.54) is 4.90 Å². The van der Waals surface area contributed by atoms with Gasteiger partial charge in [0.25, 0.3) is 0 Å². The molecule has 1 nitrogen and oxygen atoms in total. The van der Waals surface area contributed by atoms with Gasteiger partial charge in [-0.2, -0.15) is 0 Å². The summed E-state index contributed by atoms with van der Waals surface area (Å²) in [6, 6.07) is 31.6. The van der Waals surface area contributed by atoms with Crippen molar-refractivity contribution < 1.29 is 15.1 Å². The van der Waals surface area contributed by atoms with Crippen LogP contribution in [0.3, 0.4) is 0 Å². The van der Waals surface area contributed by atoms with Gasteiger partial charge in [-0.15, -0.1) is 0 Å². The molecule has 0 bridgehead atoms. The van der Waals surface area contributed by atoms with E-state index in [4.69, 9.17) is 8.22 Å². The van der Waals surface area contributed by atoms with E-state index in [1.54, 1.807) is 36.4 Å². The third kappa shape index (κ3) is 5.15. The summed E-state index contributed by atoms with van der Waals surface area (Å²) in [5, 5.41) is 1.37. The van der Waals surface area contributed by atoms with Gasteiger partial charge in [0.1, 0.15) is 0 Å². The zero-order valence-electron chi connectivity index (χ0n) is 35.0. The minimum Gasteiger partial charge on any atom is -0.310 e. The van der Waals surface area contributed by atoms with Crippen molar-refractivity contribution in [2.75, 3.05) is 4.90 Å². The lowest BCUT2D eigenvalue weighted by Gasteiger charge is -2.27. The lowest BCUT2D eigenvalue weighted by atomic mass is 9.97. The van der Waals surface area contributed by atoms with Gasteiger partial charge >= 0.3 is 0 Å². The second-order valence-electron chi connectivity index (χ2n) is 10.6. The standard InChI is InChI=1S/C44H31N/c1-2-12-32(13-3-1)36-18-8-19-37(30-36)33-26-28-39(29-27-33)45(44-25-11-17-35-15-5-7-23-43(35)44)40-21-9-20-38(31-40)42-24-10-16-34-14-4-6-22-41(34)42/h1-31H/i5D,7D,11D,15D,17D,23D,25D,26D,27D,28D,29D. The molecule has 212 valence electrons. The molecule has 0 spiro atoms. The van der Waals surface area contributed by atoms with Crippen LogP contribution in [0.25, 0.3) is 54.9 Å². The molecule has 0 fully saturated rings. The molecule has 0 N–H and O–H groups in total. The summed E-state index contributed by atoms with van der Waals surface area (Å²) >= 11 is 0. The minimum atomic E-state index is -0.627. The maximum absolute atomic E-state index is 9.51. The van der Waals surface area contributed by atoms with E-state index < -0.39 is 54.4 Å². The fourth-order valence-corrected chi connectivity index (χ4v) is 5.67. The van der Waals surface area contributed by atoms with Crippen molar-refractivity contribution in [3.63, 3.8) is 0 Å². The van der Waals surface area contributed by atoms with Gasteiger partial charge < -0.3 is 4.90 Å². The van der Waals surface area contributed by atoms with Gasteiger partial charge in [0, 0.05) is 16.8 Å². The van der Waals surface area contributed by atoms with Crippen LogP contribution in [0.2, 0.25) is 0 Å². The Morgan fingerprint density at radius 3 is 1.93 bits per heavy atom. The topological polar surface area (TPSA) is 3.24 Å². The van der Waals surface area contributed by atoms with Crippen molar-refractivity contribution >= 4 is 38.6 Å². The molecule has 0 heterocycles. The van der Waals surface area contributed by atoms with Gasteiger partial charge in [0.2, 0.25) is 0 Å². The van der Waals surface area contributed by atoms with E-state index in [-0.39, 0.29) is 45.5 Å². The molecule has 0 saturated heterocycles. The summed E-state index contributed by atoms with van der Waals surface area (Å²) in [4.78, 5) is 1.28. The molecule has 0 aromatic heterocycles. The maximum Gasteiger partial charge on any atom is 0.0645 e. The lowest BCUT2D eigenvalue weighted by Crippen LogP contribution is -2.10. The summed E-state index contributed by atoms with van der Waals surface area (Å²) in [5.74, 6) is 0. The van der Waals surface area contributed by atoms with Crippen LogP contribution < -0.4 is 4.90 Å². The Bertz CT molecular complexity index is 2850. The Morgan fingerprint density at radius 1 is 0.378 bits per heavy atom. The molecule has 8 aromatic carbocycles. The maximum atomic E-state index is 9.51. The predicted octanol–water partition coefficient (Wildman–Crippen LogP) is 12.5. The highest BCUT2D eigenvalue weighted by molar-refractivity contribution is 6.01. The number of hydrogen-bond acceptors (Lipinski definition) is 1. The molecule has 45 heavy (non-hydrogen) atoms. The first-order valence-electron chi connectivity index (χ1n) is 20.0. The van der Waals surface area contributed by atoms with Crippen LogP contribution >= 0.6 is 0 Å². The van der Waals surface area contributed by atoms with E-state index in [0.717, 1.165) is 27.5 Å². The summed E-state index contributed by atoms with van der Waals surface area (Å²) < 4.78 is 99.3. The van der Waals surface area contributed by atoms with E-state index in [9.17, 15) is 6.85 Å². The largest absolute Gasteiger partial charge is 0.310 e. The fourth-order valence-electron chi connectivity index (χ4n) is 5.67. The second kappa shape index (κ2) is 11.6. The van der Waals surface area contributed by atoms with Crippen LogP contribution in [-0.2, 0) is 0 Å². The Morgan fingerprint density at radius 2 is 1.04 bits per heavy atom. The Kier molecular flexibility index (Phi) is 4.50.